The van der Waals surface area contributed by atoms with E-state index in [4.69, 9.17) is 4.42 Å². The molecule has 1 aromatic carbocycles. The highest BCUT2D eigenvalue weighted by atomic mass is 32.2. The zero-order valence-electron chi connectivity index (χ0n) is 12.1. The van der Waals surface area contributed by atoms with Crippen molar-refractivity contribution in [2.45, 2.75) is 24.8 Å². The third-order valence-corrected chi connectivity index (χ3v) is 4.39. The molecule has 0 radical (unpaired) electrons. The number of benzene rings is 1. The van der Waals surface area contributed by atoms with Gasteiger partial charge >= 0.3 is 0 Å². The van der Waals surface area contributed by atoms with Crippen LogP contribution in [0.1, 0.15) is 34.6 Å². The van der Waals surface area contributed by atoms with Crippen LogP contribution in [0, 0.1) is 6.92 Å². The summed E-state index contributed by atoms with van der Waals surface area (Å²) in [5, 5.41) is 2.85. The summed E-state index contributed by atoms with van der Waals surface area (Å²) >= 11 is 0. The lowest BCUT2D eigenvalue weighted by Crippen LogP contribution is -2.26. The van der Waals surface area contributed by atoms with Crippen LogP contribution in [0.5, 0.6) is 0 Å². The average molecular weight is 307 g/mol. The first-order valence-corrected chi connectivity index (χ1v) is 8.33. The Morgan fingerprint density at radius 1 is 1.19 bits per heavy atom. The van der Waals surface area contributed by atoms with E-state index >= 15 is 0 Å². The molecule has 0 unspecified atom stereocenters. The predicted molar refractivity (Wildman–Crippen MR) is 78.9 cm³/mol. The maximum absolute atomic E-state index is 12.1. The second-order valence-corrected chi connectivity index (χ2v) is 6.94. The van der Waals surface area contributed by atoms with Crippen LogP contribution in [0.25, 0.3) is 0 Å². The fourth-order valence-electron chi connectivity index (χ4n) is 1.98. The molecule has 1 amide bonds. The van der Waals surface area contributed by atoms with Crippen molar-refractivity contribution < 1.29 is 17.6 Å². The molecule has 2 rings (SSSR count). The van der Waals surface area contributed by atoms with Crippen LogP contribution in [-0.2, 0) is 9.84 Å². The molecule has 112 valence electrons. The summed E-state index contributed by atoms with van der Waals surface area (Å²) < 4.78 is 27.9. The number of amides is 1. The molecule has 6 heteroatoms. The van der Waals surface area contributed by atoms with E-state index in [-0.39, 0.29) is 16.8 Å². The molecule has 1 heterocycles. The van der Waals surface area contributed by atoms with Crippen molar-refractivity contribution in [3.63, 3.8) is 0 Å². The van der Waals surface area contributed by atoms with Crippen molar-refractivity contribution in [3.05, 3.63) is 53.5 Å². The molecule has 0 aliphatic rings. The van der Waals surface area contributed by atoms with E-state index in [1.807, 2.05) is 6.92 Å². The van der Waals surface area contributed by atoms with Gasteiger partial charge in [-0.15, -0.1) is 0 Å². The zero-order chi connectivity index (χ0) is 15.6. The number of carbonyl (C=O) groups excluding carboxylic acids is 1. The minimum absolute atomic E-state index is 0.221. The Labute approximate surface area is 123 Å². The number of hydrogen-bond acceptors (Lipinski definition) is 4. The summed E-state index contributed by atoms with van der Waals surface area (Å²) in [5.74, 6) is 0.341. The normalized spacial score (nSPS) is 12.9. The summed E-state index contributed by atoms with van der Waals surface area (Å²) in [6, 6.07) is 7.85. The third kappa shape index (κ3) is 3.52. The van der Waals surface area contributed by atoms with Gasteiger partial charge in [-0.05, 0) is 37.6 Å². The number of carbonyl (C=O) groups is 1. The maximum Gasteiger partial charge on any atom is 0.255 e. The fourth-order valence-corrected chi connectivity index (χ4v) is 2.61. The van der Waals surface area contributed by atoms with Gasteiger partial charge in [0.1, 0.15) is 5.76 Å². The van der Waals surface area contributed by atoms with Crippen LogP contribution in [0.2, 0.25) is 0 Å². The molecule has 0 spiro atoms. The molecule has 5 nitrogen and oxygen atoms in total. The molecule has 0 saturated carbocycles. The average Bonchev–Trinajstić information content (AvgIpc) is 2.84. The lowest BCUT2D eigenvalue weighted by molar-refractivity contribution is 0.0938. The van der Waals surface area contributed by atoms with Crippen molar-refractivity contribution in [3.8, 4) is 0 Å². The molecular weight excluding hydrogens is 290 g/mol. The molecule has 0 bridgehead atoms. The van der Waals surface area contributed by atoms with Gasteiger partial charge < -0.3 is 9.73 Å². The topological polar surface area (TPSA) is 76.4 Å². The molecule has 21 heavy (non-hydrogen) atoms. The van der Waals surface area contributed by atoms with Gasteiger partial charge in [-0.3, -0.25) is 4.79 Å². The minimum atomic E-state index is -3.21. The molecule has 0 aliphatic carbocycles. The fraction of sp³-hybridized carbons (Fsp3) is 0.267. The number of sulfone groups is 1. The van der Waals surface area contributed by atoms with E-state index in [1.54, 1.807) is 25.1 Å². The number of furan rings is 1. The smallest absolute Gasteiger partial charge is 0.255 e. The van der Waals surface area contributed by atoms with E-state index in [0.29, 0.717) is 11.3 Å². The zero-order valence-corrected chi connectivity index (χ0v) is 12.9. The first-order chi connectivity index (χ1) is 9.79. The van der Waals surface area contributed by atoms with Crippen LogP contribution < -0.4 is 5.32 Å². The summed E-state index contributed by atoms with van der Waals surface area (Å²) in [5.41, 5.74) is 1.33. The van der Waals surface area contributed by atoms with Crippen molar-refractivity contribution in [2.24, 2.45) is 0 Å². The SMILES string of the molecule is Cc1occc1C(=O)N[C@@H](C)c1ccc(S(C)(=O)=O)cc1. The third-order valence-electron chi connectivity index (χ3n) is 3.26. The van der Waals surface area contributed by atoms with E-state index in [0.717, 1.165) is 11.8 Å². The quantitative estimate of drug-likeness (QED) is 0.941. The molecule has 0 saturated heterocycles. The van der Waals surface area contributed by atoms with Gasteiger partial charge in [0.2, 0.25) is 0 Å². The standard InChI is InChI=1S/C15H17NO4S/c1-10(16-15(17)14-8-9-20-11(14)2)12-4-6-13(7-5-12)21(3,18)19/h4-10H,1-3H3,(H,16,17)/t10-/m0/s1. The van der Waals surface area contributed by atoms with Crippen molar-refractivity contribution in [1.29, 1.82) is 0 Å². The van der Waals surface area contributed by atoms with Crippen molar-refractivity contribution >= 4 is 15.7 Å². The second-order valence-electron chi connectivity index (χ2n) is 4.93. The Morgan fingerprint density at radius 3 is 2.29 bits per heavy atom. The molecule has 2 aromatic rings. The van der Waals surface area contributed by atoms with Gasteiger partial charge in [0.05, 0.1) is 22.8 Å². The van der Waals surface area contributed by atoms with Crippen LogP contribution in [0.3, 0.4) is 0 Å². The summed E-state index contributed by atoms with van der Waals surface area (Å²) in [7, 11) is -3.21. The van der Waals surface area contributed by atoms with Crippen molar-refractivity contribution in [1.82, 2.24) is 5.32 Å². The van der Waals surface area contributed by atoms with E-state index < -0.39 is 9.84 Å². The highest BCUT2D eigenvalue weighted by molar-refractivity contribution is 7.90. The van der Waals surface area contributed by atoms with Crippen LogP contribution in [0.4, 0.5) is 0 Å². The second kappa shape index (κ2) is 5.73. The van der Waals surface area contributed by atoms with Gasteiger partial charge in [0.25, 0.3) is 5.91 Å². The number of aryl methyl sites for hydroxylation is 1. The van der Waals surface area contributed by atoms with Crippen LogP contribution in [0.15, 0.2) is 45.9 Å². The van der Waals surface area contributed by atoms with E-state index in [1.165, 1.54) is 18.4 Å². The molecule has 1 aromatic heterocycles. The first-order valence-electron chi connectivity index (χ1n) is 6.44. The molecule has 0 aliphatic heterocycles. The van der Waals surface area contributed by atoms with Crippen molar-refractivity contribution in [2.75, 3.05) is 6.26 Å². The number of hydrogen-bond donors (Lipinski definition) is 1. The summed E-state index contributed by atoms with van der Waals surface area (Å²) in [6.45, 7) is 3.56. The van der Waals surface area contributed by atoms with Gasteiger partial charge in [0, 0.05) is 6.26 Å². The Hall–Kier alpha value is -2.08. The maximum atomic E-state index is 12.1. The summed E-state index contributed by atoms with van der Waals surface area (Å²) in [6.07, 6.45) is 2.63. The Morgan fingerprint density at radius 2 is 1.81 bits per heavy atom. The Bertz CT molecular complexity index is 744. The van der Waals surface area contributed by atoms with E-state index in [9.17, 15) is 13.2 Å². The molecular formula is C15H17NO4S. The summed E-state index contributed by atoms with van der Waals surface area (Å²) in [4.78, 5) is 12.3. The molecule has 1 atom stereocenters. The van der Waals surface area contributed by atoms with Gasteiger partial charge in [-0.2, -0.15) is 0 Å². The van der Waals surface area contributed by atoms with Crippen LogP contribution in [-0.4, -0.2) is 20.6 Å². The Kier molecular flexibility index (Phi) is 4.18. The predicted octanol–water partition coefficient (Wildman–Crippen LogP) is 2.48. The first kappa shape index (κ1) is 15.3. The highest BCUT2D eigenvalue weighted by Crippen LogP contribution is 2.17. The highest BCUT2D eigenvalue weighted by Gasteiger charge is 2.15. The van der Waals surface area contributed by atoms with Crippen LogP contribution >= 0.6 is 0 Å². The molecule has 0 fully saturated rings. The van der Waals surface area contributed by atoms with Gasteiger partial charge in [-0.25, -0.2) is 8.42 Å². The minimum Gasteiger partial charge on any atom is -0.469 e. The molecule has 1 N–H and O–H groups in total. The monoisotopic (exact) mass is 307 g/mol. The van der Waals surface area contributed by atoms with E-state index in [2.05, 4.69) is 5.32 Å². The van der Waals surface area contributed by atoms with Gasteiger partial charge in [0.15, 0.2) is 9.84 Å². The lowest BCUT2D eigenvalue weighted by Gasteiger charge is -2.14. The number of rotatable bonds is 4. The largest absolute Gasteiger partial charge is 0.469 e. The lowest BCUT2D eigenvalue weighted by atomic mass is 10.1. The van der Waals surface area contributed by atoms with Gasteiger partial charge in [-0.1, -0.05) is 12.1 Å². The number of nitrogens with one attached hydrogen (secondary N) is 1. The Balaban J connectivity index is 2.12.